The second kappa shape index (κ2) is 12.6. The van der Waals surface area contributed by atoms with Crippen LogP contribution in [-0.2, 0) is 19.8 Å². The molecule has 1 aliphatic heterocycles. The first-order chi connectivity index (χ1) is 21.2. The van der Waals surface area contributed by atoms with Crippen LogP contribution in [0.15, 0.2) is 53.2 Å². The number of hydrogen-bond acceptors (Lipinski definition) is 9. The molecule has 1 fully saturated rings. The summed E-state index contributed by atoms with van der Waals surface area (Å²) >= 11 is 0. The molecule has 46 heavy (non-hydrogen) atoms. The molecule has 1 saturated heterocycles. The van der Waals surface area contributed by atoms with E-state index in [1.54, 1.807) is 42.5 Å². The highest BCUT2D eigenvalue weighted by molar-refractivity contribution is 7.85. The smallest absolute Gasteiger partial charge is 0.324 e. The molecular weight excluding hydrogens is 612 g/mol. The van der Waals surface area contributed by atoms with Gasteiger partial charge in [0.2, 0.25) is 0 Å². The lowest BCUT2D eigenvalue weighted by atomic mass is 9.77. The number of hydroxylamine groups is 3. The van der Waals surface area contributed by atoms with Crippen LogP contribution < -0.4 is 20.7 Å². The van der Waals surface area contributed by atoms with Gasteiger partial charge in [-0.1, -0.05) is 30.2 Å². The third-order valence-electron chi connectivity index (χ3n) is 8.28. The number of urea groups is 1. The number of pyridine rings is 1. The number of benzene rings is 1. The van der Waals surface area contributed by atoms with Gasteiger partial charge in [0.1, 0.15) is 40.9 Å². The summed E-state index contributed by atoms with van der Waals surface area (Å²) in [5.74, 6) is 1.05. The number of aromatic nitrogens is 2. The summed E-state index contributed by atoms with van der Waals surface area (Å²) in [6.45, 7) is 16.3. The van der Waals surface area contributed by atoms with E-state index in [2.05, 4.69) is 26.1 Å². The number of nitrogens with one attached hydrogen (secondary N) is 3. The number of rotatable bonds is 9. The van der Waals surface area contributed by atoms with Crippen LogP contribution in [0, 0.1) is 0 Å². The Kier molecular flexibility index (Phi) is 9.58. The van der Waals surface area contributed by atoms with E-state index in [1.165, 1.54) is 6.20 Å². The van der Waals surface area contributed by atoms with Crippen molar-refractivity contribution < 1.29 is 36.2 Å². The molecule has 14 heteroatoms. The van der Waals surface area contributed by atoms with E-state index >= 15 is 0 Å². The van der Waals surface area contributed by atoms with Gasteiger partial charge in [0.25, 0.3) is 5.91 Å². The van der Waals surface area contributed by atoms with Crippen molar-refractivity contribution >= 4 is 39.2 Å². The normalized spacial score (nSPS) is 20.8. The SMILES string of the molecule is CC[N+]1(OS(C)(=O)=O)C(C)(C)CC(Oc2ccc(C(=O)Nc3ccc(NC(=O)Nc4cc(C(C)(C)C)on4)cc3)nc2)CC1(C)C. The minimum absolute atomic E-state index is 0.0402. The fourth-order valence-corrected chi connectivity index (χ4v) is 7.27. The third kappa shape index (κ3) is 7.85. The first-order valence-corrected chi connectivity index (χ1v) is 16.9. The zero-order valence-corrected chi connectivity index (χ0v) is 28.7. The second-order valence-electron chi connectivity index (χ2n) is 13.9. The van der Waals surface area contributed by atoms with Gasteiger partial charge in [0, 0.05) is 35.7 Å². The topological polar surface area (TPSA) is 162 Å². The lowest BCUT2D eigenvalue weighted by Gasteiger charge is -2.58. The Bertz CT molecular complexity index is 1640. The van der Waals surface area contributed by atoms with Crippen molar-refractivity contribution in [3.8, 4) is 5.75 Å². The maximum absolute atomic E-state index is 12.9. The molecule has 0 radical (unpaired) electrons. The molecule has 13 nitrogen and oxygen atoms in total. The first kappa shape index (κ1) is 34.9. The maximum Gasteiger partial charge on any atom is 0.324 e. The van der Waals surface area contributed by atoms with Crippen LogP contribution >= 0.6 is 0 Å². The van der Waals surface area contributed by atoms with Crippen molar-refractivity contribution in [1.82, 2.24) is 10.1 Å². The van der Waals surface area contributed by atoms with Gasteiger partial charge in [-0.05, 0) is 71.0 Å². The summed E-state index contributed by atoms with van der Waals surface area (Å²) in [5.41, 5.74) is -0.143. The summed E-state index contributed by atoms with van der Waals surface area (Å²) in [5, 5.41) is 12.0. The molecule has 0 unspecified atom stereocenters. The maximum atomic E-state index is 12.9. The van der Waals surface area contributed by atoms with Gasteiger partial charge in [-0.2, -0.15) is 13.1 Å². The Morgan fingerprint density at radius 3 is 2.04 bits per heavy atom. The summed E-state index contributed by atoms with van der Waals surface area (Å²) < 4.78 is 41.7. The van der Waals surface area contributed by atoms with Crippen LogP contribution in [0.1, 0.15) is 84.5 Å². The van der Waals surface area contributed by atoms with E-state index in [0.717, 1.165) is 6.26 Å². The van der Waals surface area contributed by atoms with Crippen molar-refractivity contribution in [3.63, 3.8) is 0 Å². The van der Waals surface area contributed by atoms with Gasteiger partial charge in [-0.25, -0.2) is 9.78 Å². The summed E-state index contributed by atoms with van der Waals surface area (Å²) in [7, 11) is -3.71. The van der Waals surface area contributed by atoms with E-state index < -0.39 is 33.1 Å². The van der Waals surface area contributed by atoms with Crippen LogP contribution in [0.2, 0.25) is 0 Å². The van der Waals surface area contributed by atoms with Crippen LogP contribution in [0.4, 0.5) is 22.0 Å². The molecule has 0 spiro atoms. The molecule has 250 valence electrons. The molecule has 0 bridgehead atoms. The van der Waals surface area contributed by atoms with Crippen molar-refractivity contribution in [2.45, 2.75) is 90.8 Å². The predicted octanol–water partition coefficient (Wildman–Crippen LogP) is 6.09. The molecule has 1 aliphatic rings. The van der Waals surface area contributed by atoms with Gasteiger partial charge in [-0.15, -0.1) is 0 Å². The molecule has 1 aromatic carbocycles. The largest absolute Gasteiger partial charge is 0.488 e. The Morgan fingerprint density at radius 1 is 0.978 bits per heavy atom. The molecule has 3 heterocycles. The Balaban J connectivity index is 1.33. The fraction of sp³-hybridized carbons (Fsp3) is 0.500. The average Bonchev–Trinajstić information content (AvgIpc) is 3.40. The van der Waals surface area contributed by atoms with Gasteiger partial charge < -0.3 is 19.9 Å². The second-order valence-corrected chi connectivity index (χ2v) is 15.5. The van der Waals surface area contributed by atoms with Crippen LogP contribution in [-0.4, -0.2) is 65.1 Å². The molecule has 4 rings (SSSR count). The Labute approximate surface area is 270 Å². The number of hydrogen-bond donors (Lipinski definition) is 3. The number of anilines is 3. The van der Waals surface area contributed by atoms with E-state index in [-0.39, 0.29) is 21.9 Å². The molecule has 3 amide bonds. The van der Waals surface area contributed by atoms with Gasteiger partial charge >= 0.3 is 16.1 Å². The standard InChI is InChI=1S/C32H44N6O7S/c1-10-38(45-46(9,41)42)31(5,6)18-24(19-32(38,7)8)43-23-15-16-25(33-20-23)28(39)34-21-11-13-22(14-12-21)35-29(40)36-27-17-26(44-37-27)30(2,3)4/h11-17,20,24H,10,18-19H2,1-9H3,(H2-,33,34,35,36,37,39,40)/p+1. The predicted molar refractivity (Wildman–Crippen MR) is 175 cm³/mol. The quantitative estimate of drug-likeness (QED) is 0.231. The van der Waals surface area contributed by atoms with Crippen molar-refractivity contribution in [2.75, 3.05) is 28.8 Å². The minimum Gasteiger partial charge on any atom is -0.488 e. The number of ether oxygens (including phenoxy) is 1. The average molecular weight is 658 g/mol. The van der Waals surface area contributed by atoms with Crippen molar-refractivity contribution in [1.29, 1.82) is 0 Å². The van der Waals surface area contributed by atoms with Gasteiger partial charge in [-0.3, -0.25) is 10.1 Å². The monoisotopic (exact) mass is 657 g/mol. The van der Waals surface area contributed by atoms with E-state index in [1.807, 2.05) is 55.4 Å². The number of nitrogens with zero attached hydrogens (tertiary/aromatic N) is 3. The number of likely N-dealkylation sites (tertiary alicyclic amines) is 1. The molecule has 3 aromatic rings. The Morgan fingerprint density at radius 2 is 1.57 bits per heavy atom. The first-order valence-electron chi connectivity index (χ1n) is 15.1. The molecule has 0 saturated carbocycles. The Hall–Kier alpha value is -4.01. The zero-order chi connectivity index (χ0) is 34.1. The number of quaternary nitrogens is 1. The van der Waals surface area contributed by atoms with Crippen LogP contribution in [0.25, 0.3) is 0 Å². The van der Waals surface area contributed by atoms with Crippen molar-refractivity contribution in [2.24, 2.45) is 0 Å². The van der Waals surface area contributed by atoms with Crippen molar-refractivity contribution in [3.05, 3.63) is 60.1 Å². The summed E-state index contributed by atoms with van der Waals surface area (Å²) in [6.07, 6.45) is 3.46. The highest BCUT2D eigenvalue weighted by Gasteiger charge is 2.63. The summed E-state index contributed by atoms with van der Waals surface area (Å²) in [6, 6.07) is 11.1. The minimum atomic E-state index is -3.71. The highest BCUT2D eigenvalue weighted by Crippen LogP contribution is 2.47. The molecule has 3 N–H and O–H groups in total. The van der Waals surface area contributed by atoms with Crippen LogP contribution in [0.5, 0.6) is 5.75 Å². The van der Waals surface area contributed by atoms with E-state index in [0.29, 0.717) is 48.1 Å². The number of carbonyl (C=O) groups excluding carboxylic acids is 2. The van der Waals surface area contributed by atoms with Gasteiger partial charge in [0.05, 0.1) is 12.5 Å². The van der Waals surface area contributed by atoms with E-state index in [9.17, 15) is 18.0 Å². The number of carbonyl (C=O) groups is 2. The molecule has 0 aliphatic carbocycles. The third-order valence-corrected chi connectivity index (χ3v) is 8.81. The highest BCUT2D eigenvalue weighted by atomic mass is 32.2. The lowest BCUT2D eigenvalue weighted by molar-refractivity contribution is -1.15. The summed E-state index contributed by atoms with van der Waals surface area (Å²) in [4.78, 5) is 29.5. The van der Waals surface area contributed by atoms with E-state index in [4.69, 9.17) is 13.5 Å². The van der Waals surface area contributed by atoms with Crippen LogP contribution in [0.3, 0.4) is 0 Å². The molecule has 2 aromatic heterocycles. The fourth-order valence-electron chi connectivity index (χ4n) is 6.30. The number of amides is 3. The van der Waals surface area contributed by atoms with Gasteiger partial charge in [0.15, 0.2) is 5.82 Å². The molecular formula is C32H45N6O7S+. The zero-order valence-electron chi connectivity index (χ0n) is 27.9. The number of piperidine rings is 1. The lowest BCUT2D eigenvalue weighted by Crippen LogP contribution is -2.75. The molecule has 0 atom stereocenters.